The SMILES string of the molecule is N#CCn1cc(CNC2CC2)c2ccccc21. The summed E-state index contributed by atoms with van der Waals surface area (Å²) in [5, 5.41) is 13.6. The molecule has 86 valence electrons. The van der Waals surface area contributed by atoms with E-state index in [1.807, 2.05) is 10.6 Å². The maximum absolute atomic E-state index is 8.83. The lowest BCUT2D eigenvalue weighted by molar-refractivity contribution is 0.688. The van der Waals surface area contributed by atoms with Crippen LogP contribution in [0.25, 0.3) is 10.9 Å². The number of aromatic nitrogens is 1. The van der Waals surface area contributed by atoms with Crippen molar-refractivity contribution in [1.29, 1.82) is 5.26 Å². The van der Waals surface area contributed by atoms with E-state index in [-0.39, 0.29) is 0 Å². The van der Waals surface area contributed by atoms with E-state index in [4.69, 9.17) is 5.26 Å². The number of hydrogen-bond donors (Lipinski definition) is 1. The van der Waals surface area contributed by atoms with Crippen LogP contribution in [0.1, 0.15) is 18.4 Å². The van der Waals surface area contributed by atoms with E-state index in [1.54, 1.807) is 0 Å². The Labute approximate surface area is 101 Å². The maximum atomic E-state index is 8.83. The standard InChI is InChI=1S/C14H15N3/c15-7-8-17-10-11(9-16-12-5-6-12)13-3-1-2-4-14(13)17/h1-4,10,12,16H,5-6,8-9H2. The minimum atomic E-state index is 0.421. The summed E-state index contributed by atoms with van der Waals surface area (Å²) in [5.41, 5.74) is 2.45. The molecule has 0 radical (unpaired) electrons. The van der Waals surface area contributed by atoms with Gasteiger partial charge in [0.05, 0.1) is 6.07 Å². The van der Waals surface area contributed by atoms with Gasteiger partial charge in [0.15, 0.2) is 0 Å². The smallest absolute Gasteiger partial charge is 0.110 e. The van der Waals surface area contributed by atoms with Gasteiger partial charge in [-0.05, 0) is 24.5 Å². The first kappa shape index (κ1) is 10.4. The number of nitriles is 1. The van der Waals surface area contributed by atoms with Gasteiger partial charge in [-0.3, -0.25) is 0 Å². The molecule has 3 nitrogen and oxygen atoms in total. The lowest BCUT2D eigenvalue weighted by Gasteiger charge is -2.00. The van der Waals surface area contributed by atoms with Crippen LogP contribution in [0.2, 0.25) is 0 Å². The first-order chi connectivity index (χ1) is 8.38. The average Bonchev–Trinajstić information content (AvgIpc) is 3.12. The third-order valence-electron chi connectivity index (χ3n) is 3.27. The quantitative estimate of drug-likeness (QED) is 0.868. The summed E-state index contributed by atoms with van der Waals surface area (Å²) >= 11 is 0. The second-order valence-electron chi connectivity index (χ2n) is 4.61. The summed E-state index contributed by atoms with van der Waals surface area (Å²) in [6, 6.07) is 11.2. The summed E-state index contributed by atoms with van der Waals surface area (Å²) < 4.78 is 2.03. The molecule has 1 aliphatic rings. The minimum Gasteiger partial charge on any atom is -0.333 e. The van der Waals surface area contributed by atoms with Gasteiger partial charge < -0.3 is 9.88 Å². The summed E-state index contributed by atoms with van der Waals surface area (Å²) in [5.74, 6) is 0. The van der Waals surface area contributed by atoms with Gasteiger partial charge in [0.1, 0.15) is 6.54 Å². The van der Waals surface area contributed by atoms with Crippen molar-refractivity contribution in [3.8, 4) is 6.07 Å². The summed E-state index contributed by atoms with van der Waals surface area (Å²) in [7, 11) is 0. The molecular formula is C14H15N3. The van der Waals surface area contributed by atoms with Crippen molar-refractivity contribution < 1.29 is 0 Å². The van der Waals surface area contributed by atoms with Gasteiger partial charge >= 0.3 is 0 Å². The highest BCUT2D eigenvalue weighted by Crippen LogP contribution is 2.23. The van der Waals surface area contributed by atoms with Crippen molar-refractivity contribution in [3.05, 3.63) is 36.0 Å². The number of benzene rings is 1. The number of fused-ring (bicyclic) bond motifs is 1. The number of rotatable bonds is 4. The second kappa shape index (κ2) is 4.23. The molecule has 1 aromatic heterocycles. The molecule has 1 aromatic carbocycles. The van der Waals surface area contributed by atoms with E-state index in [0.29, 0.717) is 12.6 Å². The Balaban J connectivity index is 1.95. The van der Waals surface area contributed by atoms with Crippen LogP contribution in [0.5, 0.6) is 0 Å². The highest BCUT2D eigenvalue weighted by atomic mass is 15.0. The fraction of sp³-hybridized carbons (Fsp3) is 0.357. The zero-order valence-corrected chi connectivity index (χ0v) is 9.69. The average molecular weight is 225 g/mol. The normalized spacial score (nSPS) is 15.0. The summed E-state index contributed by atoms with van der Waals surface area (Å²) in [6.45, 7) is 1.33. The molecule has 0 spiro atoms. The molecule has 0 aliphatic heterocycles. The molecular weight excluding hydrogens is 210 g/mol. The zero-order valence-electron chi connectivity index (χ0n) is 9.69. The van der Waals surface area contributed by atoms with Gasteiger partial charge in [-0.15, -0.1) is 0 Å². The second-order valence-corrected chi connectivity index (χ2v) is 4.61. The van der Waals surface area contributed by atoms with Crippen LogP contribution in [-0.2, 0) is 13.1 Å². The third-order valence-corrected chi connectivity index (χ3v) is 3.27. The molecule has 17 heavy (non-hydrogen) atoms. The van der Waals surface area contributed by atoms with Crippen molar-refractivity contribution in [2.24, 2.45) is 0 Å². The van der Waals surface area contributed by atoms with E-state index in [1.165, 1.54) is 23.8 Å². The Morgan fingerprint density at radius 2 is 2.18 bits per heavy atom. The summed E-state index contributed by atoms with van der Waals surface area (Å²) in [6.07, 6.45) is 4.71. The molecule has 3 heteroatoms. The highest BCUT2D eigenvalue weighted by molar-refractivity contribution is 5.84. The van der Waals surface area contributed by atoms with E-state index < -0.39 is 0 Å². The first-order valence-corrected chi connectivity index (χ1v) is 6.05. The minimum absolute atomic E-state index is 0.421. The van der Waals surface area contributed by atoms with E-state index in [9.17, 15) is 0 Å². The van der Waals surface area contributed by atoms with E-state index >= 15 is 0 Å². The van der Waals surface area contributed by atoms with Crippen molar-refractivity contribution in [2.45, 2.75) is 32.0 Å². The largest absolute Gasteiger partial charge is 0.333 e. The monoisotopic (exact) mass is 225 g/mol. The van der Waals surface area contributed by atoms with Crippen LogP contribution in [0.15, 0.2) is 30.5 Å². The molecule has 0 saturated heterocycles. The van der Waals surface area contributed by atoms with E-state index in [2.05, 4.69) is 35.8 Å². The molecule has 1 fully saturated rings. The fourth-order valence-corrected chi connectivity index (χ4v) is 2.21. The fourth-order valence-electron chi connectivity index (χ4n) is 2.21. The Bertz CT molecular complexity index is 573. The predicted molar refractivity (Wildman–Crippen MR) is 67.4 cm³/mol. The Morgan fingerprint density at radius 3 is 2.94 bits per heavy atom. The van der Waals surface area contributed by atoms with Gasteiger partial charge in [-0.25, -0.2) is 0 Å². The van der Waals surface area contributed by atoms with Gasteiger partial charge in [-0.2, -0.15) is 5.26 Å². The third kappa shape index (κ3) is 2.04. The zero-order chi connectivity index (χ0) is 11.7. The lowest BCUT2D eigenvalue weighted by atomic mass is 10.2. The van der Waals surface area contributed by atoms with Gasteiger partial charge in [0, 0.05) is 29.7 Å². The van der Waals surface area contributed by atoms with Crippen LogP contribution >= 0.6 is 0 Å². The van der Waals surface area contributed by atoms with Crippen LogP contribution in [0, 0.1) is 11.3 Å². The number of para-hydroxylation sites is 1. The van der Waals surface area contributed by atoms with Crippen LogP contribution in [0.4, 0.5) is 0 Å². The van der Waals surface area contributed by atoms with Crippen molar-refractivity contribution in [3.63, 3.8) is 0 Å². The van der Waals surface area contributed by atoms with Crippen molar-refractivity contribution in [2.75, 3.05) is 0 Å². The molecule has 1 aliphatic carbocycles. The van der Waals surface area contributed by atoms with E-state index in [0.717, 1.165) is 12.1 Å². The molecule has 0 bridgehead atoms. The van der Waals surface area contributed by atoms with Crippen LogP contribution in [0.3, 0.4) is 0 Å². The Kier molecular flexibility index (Phi) is 2.58. The van der Waals surface area contributed by atoms with Gasteiger partial charge in [-0.1, -0.05) is 18.2 Å². The molecule has 1 N–H and O–H groups in total. The summed E-state index contributed by atoms with van der Waals surface area (Å²) in [4.78, 5) is 0. The highest BCUT2D eigenvalue weighted by Gasteiger charge is 2.20. The molecule has 2 aromatic rings. The Hall–Kier alpha value is -1.79. The topological polar surface area (TPSA) is 40.8 Å². The number of nitrogens with zero attached hydrogens (tertiary/aromatic N) is 2. The van der Waals surface area contributed by atoms with Crippen molar-refractivity contribution in [1.82, 2.24) is 9.88 Å². The van der Waals surface area contributed by atoms with Crippen LogP contribution < -0.4 is 5.32 Å². The molecule has 0 atom stereocenters. The van der Waals surface area contributed by atoms with Crippen LogP contribution in [-0.4, -0.2) is 10.6 Å². The van der Waals surface area contributed by atoms with Crippen molar-refractivity contribution >= 4 is 10.9 Å². The lowest BCUT2D eigenvalue weighted by Crippen LogP contribution is -2.14. The molecule has 3 rings (SSSR count). The predicted octanol–water partition coefficient (Wildman–Crippen LogP) is 2.42. The van der Waals surface area contributed by atoms with Gasteiger partial charge in [0.25, 0.3) is 0 Å². The number of nitrogens with one attached hydrogen (secondary N) is 1. The number of hydrogen-bond acceptors (Lipinski definition) is 2. The molecule has 1 heterocycles. The first-order valence-electron chi connectivity index (χ1n) is 6.05. The molecule has 0 amide bonds. The maximum Gasteiger partial charge on any atom is 0.110 e. The van der Waals surface area contributed by atoms with Gasteiger partial charge in [0.2, 0.25) is 0 Å². The molecule has 1 saturated carbocycles. The Morgan fingerprint density at radius 1 is 1.35 bits per heavy atom. The molecule has 0 unspecified atom stereocenters.